The molecule has 0 bridgehead atoms. The molecule has 1 N–H and O–H groups in total. The number of benzene rings is 2. The summed E-state index contributed by atoms with van der Waals surface area (Å²) in [5.74, 6) is -1.49. The Balaban J connectivity index is 1.37. The molecule has 3 aliphatic heterocycles. The van der Waals surface area contributed by atoms with Gasteiger partial charge in [-0.05, 0) is 64.3 Å². The monoisotopic (exact) mass is 711 g/mol. The summed E-state index contributed by atoms with van der Waals surface area (Å²) in [7, 11) is 0. The van der Waals surface area contributed by atoms with Crippen LogP contribution < -0.4 is 10.1 Å². The second-order valence-corrected chi connectivity index (χ2v) is 15.0. The Morgan fingerprint density at radius 3 is 2.86 bits per heavy atom. The quantitative estimate of drug-likeness (QED) is 0.212. The van der Waals surface area contributed by atoms with Gasteiger partial charge in [0.2, 0.25) is 0 Å². The van der Waals surface area contributed by atoms with Crippen molar-refractivity contribution in [2.75, 3.05) is 38.2 Å². The summed E-state index contributed by atoms with van der Waals surface area (Å²) >= 11 is 7.66. The van der Waals surface area contributed by atoms with Crippen molar-refractivity contribution in [2.45, 2.75) is 63.8 Å². The smallest absolute Gasteiger partial charge is 0.412 e. The van der Waals surface area contributed by atoms with E-state index >= 15 is 8.78 Å². The maximum absolute atomic E-state index is 17.0. The number of nitrogens with zero attached hydrogens (tertiary/aromatic N) is 4. The highest BCUT2D eigenvalue weighted by atomic mass is 35.5. The van der Waals surface area contributed by atoms with E-state index in [1.54, 1.807) is 26.8 Å². The maximum atomic E-state index is 17.0. The first-order valence-electron chi connectivity index (χ1n) is 16.0. The molecule has 2 atom stereocenters. The van der Waals surface area contributed by atoms with Crippen molar-refractivity contribution >= 4 is 60.6 Å². The number of halogens is 4. The van der Waals surface area contributed by atoms with E-state index in [0.29, 0.717) is 42.6 Å². The fourth-order valence-corrected chi connectivity index (χ4v) is 8.43. The molecule has 2 aromatic carbocycles. The van der Waals surface area contributed by atoms with E-state index in [0.717, 1.165) is 36.8 Å². The molecular weight excluding hydrogens is 679 g/mol. The van der Waals surface area contributed by atoms with Gasteiger partial charge in [0.15, 0.2) is 5.82 Å². The van der Waals surface area contributed by atoms with Gasteiger partial charge < -0.3 is 14.2 Å². The zero-order valence-electron chi connectivity index (χ0n) is 27.1. The van der Waals surface area contributed by atoms with Gasteiger partial charge in [-0.2, -0.15) is 15.2 Å². The lowest BCUT2D eigenvalue weighted by Crippen LogP contribution is -2.43. The predicted molar refractivity (Wildman–Crippen MR) is 182 cm³/mol. The first-order chi connectivity index (χ1) is 23.4. The van der Waals surface area contributed by atoms with Crippen LogP contribution in [-0.2, 0) is 9.47 Å². The standard InChI is InChI=1S/C35H33ClF3N5O4S/c1-34(2,3)48-33(45)43-31-22(14-40)25-20(7-8-24(38)30(25)49-31)26-23(36)12-21-28(18-6-4-11-46-16-18)41-32(42-29(21)27(26)39)47-17-35-9-5-10-44(35)15-19(37)13-35/h6-8,12,19H,4-5,9-11,13,15-17H2,1-3H3,(H,43,45)/t19-,35+/m1/s1. The zero-order valence-corrected chi connectivity index (χ0v) is 28.7. The van der Waals surface area contributed by atoms with Crippen LogP contribution in [0.2, 0.25) is 5.02 Å². The summed E-state index contributed by atoms with van der Waals surface area (Å²) in [5, 5.41) is 13.2. The number of fused-ring (bicyclic) bond motifs is 3. The van der Waals surface area contributed by atoms with Crippen molar-refractivity contribution in [3.8, 4) is 23.2 Å². The number of carbonyl (C=O) groups is 1. The first-order valence-corrected chi connectivity index (χ1v) is 17.2. The Bertz CT molecular complexity index is 2080. The number of nitrogens with one attached hydrogen (secondary N) is 1. The normalized spacial score (nSPS) is 21.1. The number of amides is 1. The lowest BCUT2D eigenvalue weighted by atomic mass is 9.95. The van der Waals surface area contributed by atoms with E-state index in [9.17, 15) is 14.4 Å². The third-order valence-corrected chi connectivity index (χ3v) is 10.5. The van der Waals surface area contributed by atoms with Crippen molar-refractivity contribution in [1.29, 1.82) is 5.26 Å². The molecule has 0 saturated carbocycles. The molecule has 256 valence electrons. The molecule has 2 fully saturated rings. The third kappa shape index (κ3) is 6.20. The molecule has 0 spiro atoms. The summed E-state index contributed by atoms with van der Waals surface area (Å²) in [6.07, 6.45) is 2.85. The average Bonchev–Trinajstić information content (AvgIpc) is 3.70. The topological polar surface area (TPSA) is 110 Å². The Labute approximate surface area is 289 Å². The fourth-order valence-electron chi connectivity index (χ4n) is 7.07. The number of aromatic nitrogens is 2. The van der Waals surface area contributed by atoms with E-state index < -0.39 is 35.0 Å². The van der Waals surface area contributed by atoms with Crippen LogP contribution in [0, 0.1) is 23.0 Å². The van der Waals surface area contributed by atoms with Crippen molar-refractivity contribution in [3.63, 3.8) is 0 Å². The molecule has 0 radical (unpaired) electrons. The lowest BCUT2D eigenvalue weighted by molar-refractivity contribution is 0.0636. The van der Waals surface area contributed by atoms with E-state index in [2.05, 4.69) is 20.2 Å². The van der Waals surface area contributed by atoms with Crippen LogP contribution >= 0.6 is 22.9 Å². The number of ether oxygens (including phenoxy) is 3. The van der Waals surface area contributed by atoms with Crippen LogP contribution in [-0.4, -0.2) is 71.2 Å². The molecule has 4 aromatic rings. The van der Waals surface area contributed by atoms with Crippen molar-refractivity contribution < 1.29 is 32.2 Å². The number of anilines is 1. The van der Waals surface area contributed by atoms with Gasteiger partial charge in [0.1, 0.15) is 40.8 Å². The second-order valence-electron chi connectivity index (χ2n) is 13.6. The van der Waals surface area contributed by atoms with Crippen molar-refractivity contribution in [1.82, 2.24) is 14.9 Å². The maximum Gasteiger partial charge on any atom is 0.412 e. The lowest BCUT2D eigenvalue weighted by Gasteiger charge is -2.30. The summed E-state index contributed by atoms with van der Waals surface area (Å²) in [6.45, 7) is 7.10. The van der Waals surface area contributed by atoms with Gasteiger partial charge in [-0.15, -0.1) is 11.3 Å². The SMILES string of the molecule is CC(C)(C)OC(=O)Nc1sc2c(F)ccc(-c3c(Cl)cc4c(C5=CCCOC5)nc(OC[C@@]56CCCN5C[C@H](F)C6)nc4c3F)c2c1C#N. The van der Waals surface area contributed by atoms with Gasteiger partial charge in [-0.1, -0.05) is 23.7 Å². The van der Waals surface area contributed by atoms with Crippen molar-refractivity contribution in [2.24, 2.45) is 0 Å². The molecule has 7 rings (SSSR count). The molecule has 0 aliphatic carbocycles. The number of hydrogen-bond donors (Lipinski definition) is 1. The van der Waals surface area contributed by atoms with Gasteiger partial charge in [-0.25, -0.2) is 18.0 Å². The fraction of sp³-hybridized carbons (Fsp3) is 0.429. The van der Waals surface area contributed by atoms with E-state index in [1.807, 2.05) is 12.1 Å². The highest BCUT2D eigenvalue weighted by Crippen LogP contribution is 2.47. The van der Waals surface area contributed by atoms with E-state index in [-0.39, 0.29) is 61.5 Å². The predicted octanol–water partition coefficient (Wildman–Crippen LogP) is 8.42. The molecule has 14 heteroatoms. The average molecular weight is 712 g/mol. The molecule has 49 heavy (non-hydrogen) atoms. The van der Waals surface area contributed by atoms with Crippen LogP contribution in [0.25, 0.3) is 37.7 Å². The molecule has 2 aromatic heterocycles. The van der Waals surface area contributed by atoms with E-state index in [1.165, 1.54) is 6.07 Å². The largest absolute Gasteiger partial charge is 0.461 e. The molecule has 0 unspecified atom stereocenters. The number of carbonyl (C=O) groups excluding carboxylic acids is 1. The minimum absolute atomic E-state index is 0.0223. The van der Waals surface area contributed by atoms with Crippen LogP contribution in [0.1, 0.15) is 57.7 Å². The van der Waals surface area contributed by atoms with Crippen LogP contribution in [0.15, 0.2) is 24.3 Å². The Kier molecular flexibility index (Phi) is 8.71. The van der Waals surface area contributed by atoms with Gasteiger partial charge >= 0.3 is 12.1 Å². The highest BCUT2D eigenvalue weighted by Gasteiger charge is 2.49. The minimum atomic E-state index is -0.952. The molecule has 5 heterocycles. The molecule has 9 nitrogen and oxygen atoms in total. The van der Waals surface area contributed by atoms with Crippen LogP contribution in [0.4, 0.5) is 23.0 Å². The summed E-state index contributed by atoms with van der Waals surface area (Å²) in [6, 6.07) is 6.00. The van der Waals surface area contributed by atoms with Crippen molar-refractivity contribution in [3.05, 3.63) is 52.2 Å². The number of nitriles is 1. The summed E-state index contributed by atoms with van der Waals surface area (Å²) in [4.78, 5) is 23.9. The molecular formula is C35H33ClF3N5O4S. The Morgan fingerprint density at radius 1 is 1.31 bits per heavy atom. The number of hydrogen-bond acceptors (Lipinski definition) is 9. The van der Waals surface area contributed by atoms with Gasteiger partial charge in [0, 0.05) is 34.9 Å². The summed E-state index contributed by atoms with van der Waals surface area (Å²) < 4.78 is 63.9. The van der Waals surface area contributed by atoms with Gasteiger partial charge in [-0.3, -0.25) is 10.2 Å². The minimum Gasteiger partial charge on any atom is -0.461 e. The van der Waals surface area contributed by atoms with Crippen LogP contribution in [0.3, 0.4) is 0 Å². The zero-order chi connectivity index (χ0) is 34.7. The van der Waals surface area contributed by atoms with Crippen LogP contribution in [0.5, 0.6) is 6.01 Å². The first kappa shape index (κ1) is 33.5. The Hall–Kier alpha value is -3.96. The number of thiophene rings is 1. The second kappa shape index (κ2) is 12.7. The number of rotatable bonds is 6. The van der Waals surface area contributed by atoms with Gasteiger partial charge in [0.25, 0.3) is 0 Å². The third-order valence-electron chi connectivity index (χ3n) is 9.09. The van der Waals surface area contributed by atoms with E-state index in [4.69, 9.17) is 25.8 Å². The Morgan fingerprint density at radius 2 is 2.12 bits per heavy atom. The molecule has 3 aliphatic rings. The molecule has 1 amide bonds. The van der Waals surface area contributed by atoms with Gasteiger partial charge in [0.05, 0.1) is 39.7 Å². The molecule has 2 saturated heterocycles. The highest BCUT2D eigenvalue weighted by molar-refractivity contribution is 7.23. The summed E-state index contributed by atoms with van der Waals surface area (Å²) in [5.41, 5.74) is -0.347. The number of alkyl halides is 1.